The van der Waals surface area contributed by atoms with Crippen LogP contribution in [0.3, 0.4) is 0 Å². The Morgan fingerprint density at radius 3 is 2.67 bits per heavy atom. The molecule has 0 saturated carbocycles. The second-order valence-corrected chi connectivity index (χ2v) is 6.53. The summed E-state index contributed by atoms with van der Waals surface area (Å²) in [6, 6.07) is 7.77. The number of carbonyl (C=O) groups is 1. The number of alkyl carbamates (subject to hydrolysis) is 1. The maximum absolute atomic E-state index is 11.7. The molecule has 1 amide bonds. The normalized spacial score (nSPS) is 11.2. The Morgan fingerprint density at radius 1 is 1.29 bits per heavy atom. The van der Waals surface area contributed by atoms with Gasteiger partial charge in [0.1, 0.15) is 17.2 Å². The number of imidazole rings is 1. The van der Waals surface area contributed by atoms with Gasteiger partial charge in [-0.3, -0.25) is 0 Å². The largest absolute Gasteiger partial charge is 0.496 e. The van der Waals surface area contributed by atoms with Crippen molar-refractivity contribution in [2.45, 2.75) is 32.8 Å². The van der Waals surface area contributed by atoms with Gasteiger partial charge in [-0.25, -0.2) is 9.78 Å². The molecule has 130 valence electrons. The zero-order chi connectivity index (χ0) is 17.7. The minimum absolute atomic E-state index is 0.415. The number of methoxy groups -OCH3 is 1. The maximum atomic E-state index is 11.7. The number of amides is 1. The Kier molecular flexibility index (Phi) is 5.49. The molecule has 0 aliphatic rings. The van der Waals surface area contributed by atoms with Gasteiger partial charge in [-0.2, -0.15) is 0 Å². The number of para-hydroxylation sites is 1. The molecule has 0 saturated heterocycles. The van der Waals surface area contributed by atoms with Gasteiger partial charge in [0.15, 0.2) is 0 Å². The van der Waals surface area contributed by atoms with Crippen LogP contribution in [0.1, 0.15) is 26.6 Å². The number of carbonyl (C=O) groups excluding carboxylic acids is 1. The Balaban J connectivity index is 2.01. The highest BCUT2D eigenvalue weighted by Crippen LogP contribution is 2.28. The van der Waals surface area contributed by atoms with Crippen molar-refractivity contribution in [3.63, 3.8) is 0 Å². The van der Waals surface area contributed by atoms with Crippen molar-refractivity contribution in [1.82, 2.24) is 14.9 Å². The molecule has 0 aliphatic carbocycles. The third kappa shape index (κ3) is 4.75. The summed E-state index contributed by atoms with van der Waals surface area (Å²) in [7, 11) is 3.59. The van der Waals surface area contributed by atoms with Crippen molar-refractivity contribution in [2.24, 2.45) is 7.05 Å². The third-order valence-electron chi connectivity index (χ3n) is 3.37. The van der Waals surface area contributed by atoms with E-state index < -0.39 is 11.7 Å². The molecule has 0 fully saturated rings. The molecule has 1 aromatic carbocycles. The molecule has 0 bridgehead atoms. The second-order valence-electron chi connectivity index (χ2n) is 6.53. The van der Waals surface area contributed by atoms with Gasteiger partial charge < -0.3 is 19.4 Å². The molecule has 2 aromatic rings. The predicted octanol–water partition coefficient (Wildman–Crippen LogP) is 3.16. The van der Waals surface area contributed by atoms with Crippen LogP contribution in [-0.2, 0) is 18.2 Å². The first kappa shape index (κ1) is 17.8. The summed E-state index contributed by atoms with van der Waals surface area (Å²) >= 11 is 0. The van der Waals surface area contributed by atoms with Gasteiger partial charge >= 0.3 is 6.09 Å². The summed E-state index contributed by atoms with van der Waals surface area (Å²) in [5, 5.41) is 2.75. The van der Waals surface area contributed by atoms with Crippen molar-refractivity contribution >= 4 is 6.09 Å². The summed E-state index contributed by atoms with van der Waals surface area (Å²) in [6.07, 6.45) is 2.16. The Hall–Kier alpha value is -2.50. The van der Waals surface area contributed by atoms with Crippen LogP contribution >= 0.6 is 0 Å². The highest BCUT2D eigenvalue weighted by Gasteiger charge is 2.16. The molecule has 1 heterocycles. The first-order chi connectivity index (χ1) is 11.3. The number of hydrogen-bond donors (Lipinski definition) is 1. The number of benzene rings is 1. The smallest absolute Gasteiger partial charge is 0.407 e. The van der Waals surface area contributed by atoms with Crippen molar-refractivity contribution in [3.05, 3.63) is 36.3 Å². The standard InChI is InChI=1S/C18H25N3O3/c1-18(2,3)24-17(22)19-11-10-16-20-14(12-21(16)4)13-8-6-7-9-15(13)23-5/h6-9,12H,10-11H2,1-5H3,(H,19,22). The van der Waals surface area contributed by atoms with Gasteiger partial charge in [0, 0.05) is 31.8 Å². The number of aromatic nitrogens is 2. The van der Waals surface area contributed by atoms with Crippen molar-refractivity contribution < 1.29 is 14.3 Å². The van der Waals surface area contributed by atoms with Crippen LogP contribution in [0.25, 0.3) is 11.3 Å². The van der Waals surface area contributed by atoms with Crippen molar-refractivity contribution in [3.8, 4) is 17.0 Å². The van der Waals surface area contributed by atoms with E-state index in [0.29, 0.717) is 13.0 Å². The van der Waals surface area contributed by atoms with Gasteiger partial charge in [0.25, 0.3) is 0 Å². The molecule has 6 heteroatoms. The molecule has 0 spiro atoms. The van der Waals surface area contributed by atoms with Gasteiger partial charge in [-0.1, -0.05) is 12.1 Å². The van der Waals surface area contributed by atoms with Gasteiger partial charge in [0.05, 0.1) is 12.8 Å². The van der Waals surface area contributed by atoms with E-state index in [9.17, 15) is 4.79 Å². The fourth-order valence-electron chi connectivity index (χ4n) is 2.31. The van der Waals surface area contributed by atoms with Crippen LogP contribution in [0.15, 0.2) is 30.5 Å². The van der Waals surface area contributed by atoms with Crippen LogP contribution in [0.5, 0.6) is 5.75 Å². The number of ether oxygens (including phenoxy) is 2. The lowest BCUT2D eigenvalue weighted by atomic mass is 10.1. The van der Waals surface area contributed by atoms with Crippen LogP contribution in [0.2, 0.25) is 0 Å². The lowest BCUT2D eigenvalue weighted by Crippen LogP contribution is -2.33. The third-order valence-corrected chi connectivity index (χ3v) is 3.37. The minimum atomic E-state index is -0.496. The van der Waals surface area contributed by atoms with E-state index in [-0.39, 0.29) is 0 Å². The summed E-state index contributed by atoms with van der Waals surface area (Å²) in [6.45, 7) is 5.98. The lowest BCUT2D eigenvalue weighted by molar-refractivity contribution is 0.0528. The van der Waals surface area contributed by atoms with E-state index in [0.717, 1.165) is 22.8 Å². The molecule has 0 radical (unpaired) electrons. The van der Waals surface area contributed by atoms with E-state index in [1.165, 1.54) is 0 Å². The molecule has 1 N–H and O–H groups in total. The summed E-state index contributed by atoms with van der Waals surface area (Å²) in [5.74, 6) is 1.67. The molecular weight excluding hydrogens is 306 g/mol. The molecular formula is C18H25N3O3. The predicted molar refractivity (Wildman–Crippen MR) is 93.1 cm³/mol. The van der Waals surface area contributed by atoms with E-state index >= 15 is 0 Å². The zero-order valence-electron chi connectivity index (χ0n) is 14.9. The first-order valence-electron chi connectivity index (χ1n) is 7.92. The van der Waals surface area contributed by atoms with Crippen molar-refractivity contribution in [1.29, 1.82) is 0 Å². The summed E-state index contributed by atoms with van der Waals surface area (Å²) < 4.78 is 12.6. The number of hydrogen-bond acceptors (Lipinski definition) is 4. The van der Waals surface area contributed by atoms with Crippen LogP contribution in [-0.4, -0.2) is 34.9 Å². The average Bonchev–Trinajstić information content (AvgIpc) is 2.86. The highest BCUT2D eigenvalue weighted by molar-refractivity contribution is 5.68. The van der Waals surface area contributed by atoms with E-state index in [2.05, 4.69) is 10.3 Å². The van der Waals surface area contributed by atoms with Crippen LogP contribution in [0, 0.1) is 0 Å². The summed E-state index contributed by atoms with van der Waals surface area (Å²) in [5.41, 5.74) is 1.30. The molecule has 0 atom stereocenters. The molecule has 24 heavy (non-hydrogen) atoms. The molecule has 2 rings (SSSR count). The fraction of sp³-hybridized carbons (Fsp3) is 0.444. The van der Waals surface area contributed by atoms with E-state index in [1.54, 1.807) is 7.11 Å². The quantitative estimate of drug-likeness (QED) is 0.914. The van der Waals surface area contributed by atoms with Gasteiger partial charge in [-0.05, 0) is 32.9 Å². The second kappa shape index (κ2) is 7.38. The summed E-state index contributed by atoms with van der Waals surface area (Å²) in [4.78, 5) is 16.3. The van der Waals surface area contributed by atoms with Crippen LogP contribution in [0.4, 0.5) is 4.79 Å². The Labute approximate surface area is 142 Å². The van der Waals surface area contributed by atoms with E-state index in [4.69, 9.17) is 9.47 Å². The maximum Gasteiger partial charge on any atom is 0.407 e. The molecule has 1 aromatic heterocycles. The minimum Gasteiger partial charge on any atom is -0.496 e. The number of rotatable bonds is 5. The number of nitrogens with one attached hydrogen (secondary N) is 1. The first-order valence-corrected chi connectivity index (χ1v) is 7.92. The Morgan fingerprint density at radius 2 is 2.00 bits per heavy atom. The molecule has 0 unspecified atom stereocenters. The highest BCUT2D eigenvalue weighted by atomic mass is 16.6. The average molecular weight is 331 g/mol. The van der Waals surface area contributed by atoms with E-state index in [1.807, 2.05) is 62.8 Å². The number of aryl methyl sites for hydroxylation is 1. The topological polar surface area (TPSA) is 65.4 Å². The fourth-order valence-corrected chi connectivity index (χ4v) is 2.31. The van der Waals surface area contributed by atoms with Gasteiger partial charge in [0.2, 0.25) is 0 Å². The molecule has 6 nitrogen and oxygen atoms in total. The van der Waals surface area contributed by atoms with Crippen molar-refractivity contribution in [2.75, 3.05) is 13.7 Å². The Bertz CT molecular complexity index is 702. The van der Waals surface area contributed by atoms with Gasteiger partial charge in [-0.15, -0.1) is 0 Å². The monoisotopic (exact) mass is 331 g/mol. The lowest BCUT2D eigenvalue weighted by Gasteiger charge is -2.19. The number of nitrogens with zero attached hydrogens (tertiary/aromatic N) is 2. The SMILES string of the molecule is COc1ccccc1-c1cn(C)c(CCNC(=O)OC(C)(C)C)n1. The van der Waals surface area contributed by atoms with Crippen LogP contribution < -0.4 is 10.1 Å². The molecule has 0 aliphatic heterocycles. The zero-order valence-corrected chi connectivity index (χ0v) is 14.9.